The molecule has 4 aromatic rings. The standard InChI is InChI=1S/C53H66ClN9O6S/c1-32-44(70-31-57-32)34-13-11-33(12-14-34)41(30-64)59-47(67)42-24-38(65)29-63(42)48(68)45-51(2,3)26-37(58-45)10-8-9-19-61-20-22-62(23-21-61)43-18-16-36(28-56-43)46(66)60-49-52(4,5)50(53(49,6)7)69-39-17-15-35(27-55)40(54)25-39/h11-18,25-26,28,31,38,41-42,45,49-50,58,64-65H,8-10,19-24,29-30H2,1-7H3,(H,59,67)(H,60,66)/t38-,41+,42+,45-,49?,50?/m1/s1. The van der Waals surface area contributed by atoms with Gasteiger partial charge in [-0.05, 0) is 68.1 Å². The number of halogens is 1. The van der Waals surface area contributed by atoms with Crippen LogP contribution in [0.15, 0.2) is 78.1 Å². The number of likely N-dealkylation sites (tertiary alicyclic amines) is 1. The molecule has 15 nitrogen and oxygen atoms in total. The molecule has 3 fully saturated rings. The number of allylic oxidation sites excluding steroid dienone is 1. The second kappa shape index (κ2) is 20.6. The SMILES string of the molecule is Cc1ncsc1-c1ccc([C@H](CO)NC(=O)[C@@H]2C[C@@H](O)CN2C(=O)[C@H]2NC(CCCCN3CCN(c4ccc(C(=O)NC5C(C)(C)C(Oc6ccc(C#N)c(Cl)c6)C5(C)C)cn4)CC3)=CC2(C)C)cc1. The molecule has 0 bridgehead atoms. The van der Waals surface area contributed by atoms with Gasteiger partial charge in [-0.3, -0.25) is 19.3 Å². The lowest BCUT2D eigenvalue weighted by molar-refractivity contribution is -0.164. The number of hydrogen-bond donors (Lipinski definition) is 5. The first-order valence-electron chi connectivity index (χ1n) is 24.3. The molecule has 5 heterocycles. The number of nitrogens with zero attached hydrogens (tertiary/aromatic N) is 6. The van der Waals surface area contributed by atoms with E-state index in [-0.39, 0.29) is 54.4 Å². The minimum Gasteiger partial charge on any atom is -0.489 e. The van der Waals surface area contributed by atoms with Crippen molar-refractivity contribution in [2.75, 3.05) is 50.8 Å². The van der Waals surface area contributed by atoms with E-state index in [1.807, 2.05) is 57.2 Å². The maximum atomic E-state index is 14.2. The molecule has 2 saturated heterocycles. The lowest BCUT2D eigenvalue weighted by atomic mass is 9.49. The number of thiazole rings is 1. The predicted octanol–water partition coefficient (Wildman–Crippen LogP) is 6.64. The van der Waals surface area contributed by atoms with Crippen LogP contribution in [0.5, 0.6) is 5.75 Å². The monoisotopic (exact) mass is 991 g/mol. The van der Waals surface area contributed by atoms with Crippen molar-refractivity contribution >= 4 is 46.5 Å². The van der Waals surface area contributed by atoms with Crippen molar-refractivity contribution < 1.29 is 29.3 Å². The minimum atomic E-state index is -0.864. The van der Waals surface area contributed by atoms with E-state index in [2.05, 4.69) is 70.6 Å². The Kier molecular flexibility index (Phi) is 15.0. The number of aromatic nitrogens is 2. The molecule has 372 valence electrons. The fourth-order valence-electron chi connectivity index (χ4n) is 11.3. The van der Waals surface area contributed by atoms with E-state index in [0.717, 1.165) is 85.2 Å². The highest BCUT2D eigenvalue weighted by molar-refractivity contribution is 7.13. The number of carbonyl (C=O) groups excluding carboxylic acids is 3. The first-order valence-corrected chi connectivity index (χ1v) is 25.6. The summed E-state index contributed by atoms with van der Waals surface area (Å²) in [4.78, 5) is 57.8. The van der Waals surface area contributed by atoms with Gasteiger partial charge in [-0.15, -0.1) is 11.3 Å². The fraction of sp³-hybridized carbons (Fsp3) is 0.509. The van der Waals surface area contributed by atoms with Crippen molar-refractivity contribution in [3.05, 3.63) is 105 Å². The van der Waals surface area contributed by atoms with Crippen LogP contribution in [0.4, 0.5) is 5.82 Å². The highest BCUT2D eigenvalue weighted by Gasteiger charge is 2.64. The number of carbonyl (C=O) groups is 3. The Labute approximate surface area is 420 Å². The Bertz CT molecular complexity index is 2610. The maximum absolute atomic E-state index is 14.2. The number of unbranched alkanes of at least 4 members (excludes halogenated alkanes) is 1. The average Bonchev–Trinajstić information content (AvgIpc) is 4.05. The Hall–Kier alpha value is -5.57. The average molecular weight is 993 g/mol. The van der Waals surface area contributed by atoms with Gasteiger partial charge in [-0.1, -0.05) is 83.5 Å². The van der Waals surface area contributed by atoms with Crippen molar-refractivity contribution in [2.24, 2.45) is 16.2 Å². The molecule has 70 heavy (non-hydrogen) atoms. The number of benzene rings is 2. The van der Waals surface area contributed by atoms with Gasteiger partial charge in [0, 0.05) is 79.4 Å². The van der Waals surface area contributed by atoms with Crippen LogP contribution in [0.25, 0.3) is 10.4 Å². The third-order valence-electron chi connectivity index (χ3n) is 14.9. The van der Waals surface area contributed by atoms with Crippen molar-refractivity contribution in [3.63, 3.8) is 0 Å². The van der Waals surface area contributed by atoms with Crippen molar-refractivity contribution in [2.45, 2.75) is 111 Å². The lowest BCUT2D eigenvalue weighted by Gasteiger charge is -2.63. The number of β-amino-alcohol motifs (C(OH)–C–C–N with tert-alkyl or cyclic N) is 1. The van der Waals surface area contributed by atoms with Crippen LogP contribution in [0.3, 0.4) is 0 Å². The second-order valence-corrected chi connectivity index (χ2v) is 22.4. The Balaban J connectivity index is 0.760. The molecule has 0 unspecified atom stereocenters. The van der Waals surface area contributed by atoms with Crippen LogP contribution in [0, 0.1) is 34.5 Å². The molecule has 1 saturated carbocycles. The molecule has 4 atom stereocenters. The number of hydrogen-bond acceptors (Lipinski definition) is 13. The Morgan fingerprint density at radius 2 is 1.73 bits per heavy atom. The van der Waals surface area contributed by atoms with E-state index in [9.17, 15) is 29.9 Å². The number of aliphatic hydroxyl groups is 2. The quantitative estimate of drug-likeness (QED) is 0.0753. The third-order valence-corrected chi connectivity index (χ3v) is 16.1. The molecule has 5 N–H and O–H groups in total. The topological polar surface area (TPSA) is 196 Å². The summed E-state index contributed by atoms with van der Waals surface area (Å²) in [5.41, 5.74) is 5.14. The number of anilines is 1. The van der Waals surface area contributed by atoms with Crippen LogP contribution in [0.1, 0.15) is 100 Å². The number of ether oxygens (including phenoxy) is 1. The number of nitriles is 1. The van der Waals surface area contributed by atoms with Gasteiger partial charge in [0.1, 0.15) is 35.8 Å². The van der Waals surface area contributed by atoms with Crippen molar-refractivity contribution in [1.82, 2.24) is 35.7 Å². The summed E-state index contributed by atoms with van der Waals surface area (Å²) in [7, 11) is 0. The summed E-state index contributed by atoms with van der Waals surface area (Å²) in [5.74, 6) is 0.619. The van der Waals surface area contributed by atoms with E-state index in [1.54, 1.807) is 41.2 Å². The molecular formula is C53H66ClN9O6S. The van der Waals surface area contributed by atoms with Crippen LogP contribution in [-0.4, -0.2) is 124 Å². The predicted molar refractivity (Wildman–Crippen MR) is 271 cm³/mol. The molecule has 4 aliphatic rings. The van der Waals surface area contributed by atoms with Gasteiger partial charge in [-0.25, -0.2) is 9.97 Å². The smallest absolute Gasteiger partial charge is 0.253 e. The van der Waals surface area contributed by atoms with E-state index in [0.29, 0.717) is 21.9 Å². The number of aryl methyl sites for hydroxylation is 1. The number of aliphatic hydroxyl groups excluding tert-OH is 2. The van der Waals surface area contributed by atoms with Crippen LogP contribution >= 0.6 is 22.9 Å². The van der Waals surface area contributed by atoms with E-state index >= 15 is 0 Å². The summed E-state index contributed by atoms with van der Waals surface area (Å²) in [6.07, 6.45) is 5.60. The van der Waals surface area contributed by atoms with Crippen molar-refractivity contribution in [1.29, 1.82) is 5.26 Å². The number of piperazine rings is 1. The summed E-state index contributed by atoms with van der Waals surface area (Å²) >= 11 is 7.82. The first-order chi connectivity index (χ1) is 33.3. The van der Waals surface area contributed by atoms with Crippen LogP contribution < -0.4 is 25.6 Å². The van der Waals surface area contributed by atoms with Gasteiger partial charge in [0.2, 0.25) is 11.8 Å². The van der Waals surface area contributed by atoms with Gasteiger partial charge in [0.15, 0.2) is 0 Å². The molecule has 17 heteroatoms. The fourth-order valence-corrected chi connectivity index (χ4v) is 12.3. The summed E-state index contributed by atoms with van der Waals surface area (Å²) in [6.45, 7) is 18.5. The summed E-state index contributed by atoms with van der Waals surface area (Å²) in [5, 5.41) is 40.3. The molecule has 0 radical (unpaired) electrons. The zero-order valence-electron chi connectivity index (χ0n) is 41.2. The molecule has 0 spiro atoms. The zero-order chi connectivity index (χ0) is 50.1. The maximum Gasteiger partial charge on any atom is 0.253 e. The van der Waals surface area contributed by atoms with E-state index < -0.39 is 35.6 Å². The van der Waals surface area contributed by atoms with Gasteiger partial charge in [0.25, 0.3) is 5.91 Å². The third kappa shape index (κ3) is 10.6. The lowest BCUT2D eigenvalue weighted by Crippen LogP contribution is -2.74. The second-order valence-electron chi connectivity index (χ2n) is 21.1. The highest BCUT2D eigenvalue weighted by Crippen LogP contribution is 2.55. The molecule has 8 rings (SSSR count). The Morgan fingerprint density at radius 1 is 1.00 bits per heavy atom. The first kappa shape index (κ1) is 50.8. The van der Waals surface area contributed by atoms with Crippen molar-refractivity contribution in [3.8, 4) is 22.3 Å². The summed E-state index contributed by atoms with van der Waals surface area (Å²) < 4.78 is 6.38. The van der Waals surface area contributed by atoms with E-state index in [1.165, 1.54) is 4.90 Å². The number of nitrogens with one attached hydrogen (secondary N) is 3. The molecular weight excluding hydrogens is 926 g/mol. The van der Waals surface area contributed by atoms with E-state index in [4.69, 9.17) is 21.3 Å². The molecule has 3 aliphatic heterocycles. The molecule has 3 amide bonds. The van der Waals surface area contributed by atoms with Gasteiger partial charge in [0.05, 0.1) is 51.0 Å². The summed E-state index contributed by atoms with van der Waals surface area (Å²) in [6, 6.07) is 16.3. The largest absolute Gasteiger partial charge is 0.489 e. The molecule has 2 aromatic heterocycles. The van der Waals surface area contributed by atoms with Crippen LogP contribution in [0.2, 0.25) is 5.02 Å². The number of pyridine rings is 1. The van der Waals surface area contributed by atoms with Gasteiger partial charge >= 0.3 is 0 Å². The molecule has 1 aliphatic carbocycles. The normalized spacial score (nSPS) is 23.9. The van der Waals surface area contributed by atoms with Gasteiger partial charge < -0.3 is 40.7 Å². The molecule has 2 aromatic carbocycles. The number of rotatable bonds is 16. The zero-order valence-corrected chi connectivity index (χ0v) is 42.7. The number of amides is 3. The Morgan fingerprint density at radius 3 is 2.36 bits per heavy atom. The van der Waals surface area contributed by atoms with Crippen LogP contribution in [-0.2, 0) is 9.59 Å². The minimum absolute atomic E-state index is 0.0644. The highest BCUT2D eigenvalue weighted by atomic mass is 35.5. The van der Waals surface area contributed by atoms with Gasteiger partial charge in [-0.2, -0.15) is 5.26 Å².